The largest absolute Gasteiger partial charge is 0.487 e. The number of carbonyl (C=O) groups is 1. The van der Waals surface area contributed by atoms with Crippen molar-refractivity contribution in [1.29, 1.82) is 0 Å². The number of nitrogens with zero attached hydrogens (tertiary/aromatic N) is 1. The summed E-state index contributed by atoms with van der Waals surface area (Å²) in [6, 6.07) is 14.8. The van der Waals surface area contributed by atoms with Gasteiger partial charge in [0.15, 0.2) is 0 Å². The minimum atomic E-state index is -0.250. The molecule has 4 aromatic rings. The highest BCUT2D eigenvalue weighted by atomic mass is 32.1. The first-order valence-electron chi connectivity index (χ1n) is 9.00. The van der Waals surface area contributed by atoms with E-state index in [0.717, 1.165) is 28.0 Å². The SMILES string of the molecule is Cc1c(C(C)NC(=O)c2cccc(OCc3cscn3)c2)oc2ccccc12. The molecule has 1 N–H and O–H groups in total. The van der Waals surface area contributed by atoms with Crippen LogP contribution < -0.4 is 10.1 Å². The molecule has 2 heterocycles. The summed E-state index contributed by atoms with van der Waals surface area (Å²) in [5.74, 6) is 1.23. The standard InChI is InChI=1S/C22H20N2O3S/c1-14-19-8-3-4-9-20(19)27-21(14)15(2)24-22(25)16-6-5-7-18(10-16)26-11-17-12-28-13-23-17/h3-10,12-13,15H,11H2,1-2H3,(H,24,25). The minimum absolute atomic E-state index is 0.175. The maximum absolute atomic E-state index is 12.7. The Morgan fingerprint density at radius 1 is 1.25 bits per heavy atom. The molecule has 2 aromatic carbocycles. The number of thiazole rings is 1. The molecule has 1 unspecified atom stereocenters. The molecule has 5 nitrogen and oxygen atoms in total. The minimum Gasteiger partial charge on any atom is -0.487 e. The molecule has 0 aliphatic rings. The first-order valence-corrected chi connectivity index (χ1v) is 9.95. The lowest BCUT2D eigenvalue weighted by Gasteiger charge is -2.13. The third kappa shape index (κ3) is 3.77. The molecular formula is C22H20N2O3S. The number of furan rings is 1. The number of aromatic nitrogens is 1. The Kier molecular flexibility index (Phi) is 5.12. The molecule has 1 amide bonds. The Morgan fingerprint density at radius 2 is 2.11 bits per heavy atom. The summed E-state index contributed by atoms with van der Waals surface area (Å²) < 4.78 is 11.7. The number of hydrogen-bond donors (Lipinski definition) is 1. The molecule has 0 fully saturated rings. The predicted octanol–water partition coefficient (Wildman–Crippen LogP) is 5.27. The van der Waals surface area contributed by atoms with Gasteiger partial charge in [0.2, 0.25) is 0 Å². The molecule has 0 bridgehead atoms. The van der Waals surface area contributed by atoms with Gasteiger partial charge in [-0.3, -0.25) is 4.79 Å². The molecule has 0 spiro atoms. The third-order valence-corrected chi connectivity index (χ3v) is 5.22. The van der Waals surface area contributed by atoms with Crippen LogP contribution in [0.2, 0.25) is 0 Å². The van der Waals surface area contributed by atoms with Crippen LogP contribution in [-0.2, 0) is 6.61 Å². The first kappa shape index (κ1) is 18.3. The van der Waals surface area contributed by atoms with E-state index in [9.17, 15) is 4.79 Å². The topological polar surface area (TPSA) is 64.4 Å². The van der Waals surface area contributed by atoms with Gasteiger partial charge >= 0.3 is 0 Å². The van der Waals surface area contributed by atoms with Crippen molar-refractivity contribution in [2.24, 2.45) is 0 Å². The predicted molar refractivity (Wildman–Crippen MR) is 110 cm³/mol. The maximum Gasteiger partial charge on any atom is 0.251 e. The average molecular weight is 392 g/mol. The number of carbonyl (C=O) groups excluding carboxylic acids is 1. The molecule has 0 aliphatic heterocycles. The zero-order chi connectivity index (χ0) is 19.5. The fourth-order valence-corrected chi connectivity index (χ4v) is 3.69. The van der Waals surface area contributed by atoms with Gasteiger partial charge in [0.25, 0.3) is 5.91 Å². The fourth-order valence-electron chi connectivity index (χ4n) is 3.15. The lowest BCUT2D eigenvalue weighted by atomic mass is 10.1. The van der Waals surface area contributed by atoms with E-state index >= 15 is 0 Å². The summed E-state index contributed by atoms with van der Waals surface area (Å²) in [5.41, 5.74) is 5.05. The molecule has 4 rings (SSSR count). The van der Waals surface area contributed by atoms with Crippen LogP contribution in [0.3, 0.4) is 0 Å². The number of ether oxygens (including phenoxy) is 1. The monoisotopic (exact) mass is 392 g/mol. The second-order valence-corrected chi connectivity index (χ2v) is 7.30. The van der Waals surface area contributed by atoms with Crippen LogP contribution in [0, 0.1) is 6.92 Å². The summed E-state index contributed by atoms with van der Waals surface area (Å²) in [6.07, 6.45) is 0. The number of benzene rings is 2. The molecule has 0 radical (unpaired) electrons. The Balaban J connectivity index is 1.46. The Labute approximate surface area is 167 Å². The van der Waals surface area contributed by atoms with Gasteiger partial charge < -0.3 is 14.5 Å². The van der Waals surface area contributed by atoms with Crippen LogP contribution in [0.4, 0.5) is 0 Å². The van der Waals surface area contributed by atoms with E-state index in [4.69, 9.17) is 9.15 Å². The van der Waals surface area contributed by atoms with E-state index in [1.54, 1.807) is 17.6 Å². The van der Waals surface area contributed by atoms with Gasteiger partial charge in [-0.05, 0) is 38.1 Å². The van der Waals surface area contributed by atoms with Crippen molar-refractivity contribution in [3.63, 3.8) is 0 Å². The molecule has 0 saturated carbocycles. The lowest BCUT2D eigenvalue weighted by Crippen LogP contribution is -2.26. The van der Waals surface area contributed by atoms with Crippen molar-refractivity contribution in [2.45, 2.75) is 26.5 Å². The normalized spacial score (nSPS) is 12.1. The fraction of sp³-hybridized carbons (Fsp3) is 0.182. The Hall–Kier alpha value is -3.12. The number of fused-ring (bicyclic) bond motifs is 1. The van der Waals surface area contributed by atoms with Crippen LogP contribution in [0.15, 0.2) is 63.8 Å². The van der Waals surface area contributed by atoms with E-state index in [1.807, 2.05) is 55.6 Å². The van der Waals surface area contributed by atoms with Gasteiger partial charge in [-0.2, -0.15) is 0 Å². The molecular weight excluding hydrogens is 372 g/mol. The van der Waals surface area contributed by atoms with E-state index in [1.165, 1.54) is 11.3 Å². The molecule has 0 aliphatic carbocycles. The van der Waals surface area contributed by atoms with Crippen molar-refractivity contribution in [2.75, 3.05) is 0 Å². The van der Waals surface area contributed by atoms with Crippen LogP contribution in [0.5, 0.6) is 5.75 Å². The average Bonchev–Trinajstić information content (AvgIpc) is 3.35. The van der Waals surface area contributed by atoms with Gasteiger partial charge in [0, 0.05) is 21.9 Å². The first-order chi connectivity index (χ1) is 13.6. The number of nitrogens with one attached hydrogen (secondary N) is 1. The van der Waals surface area contributed by atoms with E-state index in [2.05, 4.69) is 10.3 Å². The molecule has 142 valence electrons. The van der Waals surface area contributed by atoms with Crippen LogP contribution in [0.1, 0.15) is 40.3 Å². The zero-order valence-electron chi connectivity index (χ0n) is 15.6. The second-order valence-electron chi connectivity index (χ2n) is 6.58. The highest BCUT2D eigenvalue weighted by Gasteiger charge is 2.19. The van der Waals surface area contributed by atoms with Crippen molar-refractivity contribution in [3.8, 4) is 5.75 Å². The van der Waals surface area contributed by atoms with Crippen LogP contribution >= 0.6 is 11.3 Å². The van der Waals surface area contributed by atoms with Gasteiger partial charge in [-0.1, -0.05) is 24.3 Å². The number of hydrogen-bond acceptors (Lipinski definition) is 5. The summed E-state index contributed by atoms with van der Waals surface area (Å²) in [7, 11) is 0. The number of amides is 1. The molecule has 28 heavy (non-hydrogen) atoms. The number of para-hydroxylation sites is 1. The highest BCUT2D eigenvalue weighted by Crippen LogP contribution is 2.29. The summed E-state index contributed by atoms with van der Waals surface area (Å²) in [6.45, 7) is 4.31. The van der Waals surface area contributed by atoms with Crippen molar-refractivity contribution >= 4 is 28.2 Å². The highest BCUT2D eigenvalue weighted by molar-refractivity contribution is 7.07. The lowest BCUT2D eigenvalue weighted by molar-refractivity contribution is 0.0935. The summed E-state index contributed by atoms with van der Waals surface area (Å²) in [4.78, 5) is 16.9. The van der Waals surface area contributed by atoms with Gasteiger partial charge in [0.05, 0.1) is 17.2 Å². The van der Waals surface area contributed by atoms with Gasteiger partial charge in [0.1, 0.15) is 23.7 Å². The Morgan fingerprint density at radius 3 is 2.89 bits per heavy atom. The van der Waals surface area contributed by atoms with Crippen LogP contribution in [0.25, 0.3) is 11.0 Å². The van der Waals surface area contributed by atoms with Crippen LogP contribution in [-0.4, -0.2) is 10.9 Å². The van der Waals surface area contributed by atoms with Gasteiger partial charge in [-0.25, -0.2) is 4.98 Å². The molecule has 0 saturated heterocycles. The quantitative estimate of drug-likeness (QED) is 0.486. The molecule has 2 aromatic heterocycles. The van der Waals surface area contributed by atoms with E-state index < -0.39 is 0 Å². The van der Waals surface area contributed by atoms with Crippen molar-refractivity contribution in [3.05, 3.63) is 82.0 Å². The Bertz CT molecular complexity index is 1100. The van der Waals surface area contributed by atoms with Gasteiger partial charge in [-0.15, -0.1) is 11.3 Å². The zero-order valence-corrected chi connectivity index (χ0v) is 16.5. The summed E-state index contributed by atoms with van der Waals surface area (Å²) in [5, 5.41) is 6.02. The van der Waals surface area contributed by atoms with E-state index in [-0.39, 0.29) is 11.9 Å². The third-order valence-electron chi connectivity index (χ3n) is 4.59. The van der Waals surface area contributed by atoms with E-state index in [0.29, 0.717) is 17.9 Å². The second kappa shape index (κ2) is 7.86. The smallest absolute Gasteiger partial charge is 0.251 e. The molecule has 6 heteroatoms. The van der Waals surface area contributed by atoms with Crippen molar-refractivity contribution in [1.82, 2.24) is 10.3 Å². The number of aryl methyl sites for hydroxylation is 1. The maximum atomic E-state index is 12.7. The summed E-state index contributed by atoms with van der Waals surface area (Å²) >= 11 is 1.53. The number of rotatable bonds is 6. The van der Waals surface area contributed by atoms with Crippen molar-refractivity contribution < 1.29 is 13.9 Å². The molecule has 1 atom stereocenters.